The highest BCUT2D eigenvalue weighted by Crippen LogP contribution is 1.92. The zero-order valence-corrected chi connectivity index (χ0v) is 8.56. The van der Waals surface area contributed by atoms with E-state index in [1.807, 2.05) is 6.92 Å². The normalized spacial score (nSPS) is 8.77. The van der Waals surface area contributed by atoms with E-state index in [0.717, 1.165) is 25.7 Å². The van der Waals surface area contributed by atoms with Crippen molar-refractivity contribution in [3.8, 4) is 11.8 Å². The van der Waals surface area contributed by atoms with Gasteiger partial charge in [0.15, 0.2) is 6.61 Å². The van der Waals surface area contributed by atoms with Crippen LogP contribution in [-0.2, 0) is 9.53 Å². The zero-order chi connectivity index (χ0) is 9.94. The van der Waals surface area contributed by atoms with Crippen LogP contribution in [0.15, 0.2) is 0 Å². The van der Waals surface area contributed by atoms with E-state index in [1.54, 1.807) is 0 Å². The molecule has 0 saturated heterocycles. The van der Waals surface area contributed by atoms with Gasteiger partial charge in [-0.3, -0.25) is 4.79 Å². The predicted molar refractivity (Wildman–Crippen MR) is 53.2 cm³/mol. The number of ether oxygens (including phenoxy) is 1. The molecule has 0 aromatic carbocycles. The van der Waals surface area contributed by atoms with E-state index in [9.17, 15) is 4.79 Å². The highest BCUT2D eigenvalue weighted by molar-refractivity contribution is 5.69. The summed E-state index contributed by atoms with van der Waals surface area (Å²) in [5, 5.41) is 0. The maximum absolute atomic E-state index is 10.8. The monoisotopic (exact) mass is 182 g/mol. The Bertz CT molecular complexity index is 186. The summed E-state index contributed by atoms with van der Waals surface area (Å²) in [6, 6.07) is 0. The average Bonchev–Trinajstić information content (AvgIpc) is 2.11. The van der Waals surface area contributed by atoms with E-state index in [4.69, 9.17) is 4.74 Å². The minimum atomic E-state index is -0.146. The van der Waals surface area contributed by atoms with Crippen molar-refractivity contribution in [2.45, 2.75) is 46.0 Å². The first kappa shape index (κ1) is 12.0. The number of hydrogen-bond donors (Lipinski definition) is 0. The quantitative estimate of drug-likeness (QED) is 0.371. The summed E-state index contributed by atoms with van der Waals surface area (Å²) in [5.74, 6) is 5.63. The third-order valence-corrected chi connectivity index (χ3v) is 1.54. The molecule has 0 aromatic rings. The molecule has 0 saturated carbocycles. The third kappa shape index (κ3) is 8.94. The summed E-state index contributed by atoms with van der Waals surface area (Å²) >= 11 is 0. The summed E-state index contributed by atoms with van der Waals surface area (Å²) in [7, 11) is 0. The van der Waals surface area contributed by atoms with Gasteiger partial charge < -0.3 is 4.74 Å². The first-order chi connectivity index (χ1) is 6.31. The molecule has 0 atom stereocenters. The Kier molecular flexibility index (Phi) is 8.44. The van der Waals surface area contributed by atoms with Crippen LogP contribution in [0.4, 0.5) is 0 Å². The molecular formula is C11H18O2. The second kappa shape index (κ2) is 9.12. The Morgan fingerprint density at radius 3 is 2.62 bits per heavy atom. The smallest absolute Gasteiger partial charge is 0.306 e. The molecule has 0 bridgehead atoms. The lowest BCUT2D eigenvalue weighted by Gasteiger charge is -1.96. The second-order valence-electron chi connectivity index (χ2n) is 2.87. The van der Waals surface area contributed by atoms with Crippen LogP contribution in [0.1, 0.15) is 46.0 Å². The number of hydrogen-bond acceptors (Lipinski definition) is 2. The Morgan fingerprint density at radius 1 is 1.23 bits per heavy atom. The standard InChI is InChI=1S/C11H18O2/c1-3-5-6-7-8-10-13-11(12)9-4-2/h3-6,9-10H2,1-2H3. The van der Waals surface area contributed by atoms with Crippen molar-refractivity contribution in [3.63, 3.8) is 0 Å². The van der Waals surface area contributed by atoms with E-state index in [2.05, 4.69) is 18.8 Å². The van der Waals surface area contributed by atoms with Crippen LogP contribution >= 0.6 is 0 Å². The maximum Gasteiger partial charge on any atom is 0.306 e. The van der Waals surface area contributed by atoms with Crippen molar-refractivity contribution >= 4 is 5.97 Å². The average molecular weight is 182 g/mol. The molecule has 0 aliphatic heterocycles. The molecule has 0 aliphatic carbocycles. The Hall–Kier alpha value is -0.970. The Labute approximate surface area is 80.7 Å². The van der Waals surface area contributed by atoms with Crippen molar-refractivity contribution in [1.82, 2.24) is 0 Å². The van der Waals surface area contributed by atoms with Gasteiger partial charge in [0, 0.05) is 12.8 Å². The number of carbonyl (C=O) groups excluding carboxylic acids is 1. The van der Waals surface area contributed by atoms with Gasteiger partial charge in [-0.15, -0.1) is 0 Å². The molecular weight excluding hydrogens is 164 g/mol. The van der Waals surface area contributed by atoms with E-state index < -0.39 is 0 Å². The Balaban J connectivity index is 3.30. The third-order valence-electron chi connectivity index (χ3n) is 1.54. The lowest BCUT2D eigenvalue weighted by atomic mass is 10.2. The first-order valence-electron chi connectivity index (χ1n) is 4.92. The molecule has 0 amide bonds. The number of esters is 1. The van der Waals surface area contributed by atoms with E-state index >= 15 is 0 Å². The highest BCUT2D eigenvalue weighted by atomic mass is 16.5. The lowest BCUT2D eigenvalue weighted by Crippen LogP contribution is -2.03. The van der Waals surface area contributed by atoms with Crippen LogP contribution in [0.5, 0.6) is 0 Å². The van der Waals surface area contributed by atoms with Gasteiger partial charge in [-0.1, -0.05) is 32.1 Å². The zero-order valence-electron chi connectivity index (χ0n) is 8.56. The number of rotatable bonds is 5. The maximum atomic E-state index is 10.8. The van der Waals surface area contributed by atoms with Crippen LogP contribution in [0.2, 0.25) is 0 Å². The minimum absolute atomic E-state index is 0.146. The summed E-state index contributed by atoms with van der Waals surface area (Å²) in [6.45, 7) is 4.33. The SMILES string of the molecule is CCCCC#CCOC(=O)CCC. The van der Waals surface area contributed by atoms with Gasteiger partial charge in [0.25, 0.3) is 0 Å². The molecule has 0 rings (SSSR count). The van der Waals surface area contributed by atoms with E-state index in [1.165, 1.54) is 0 Å². The lowest BCUT2D eigenvalue weighted by molar-refractivity contribution is -0.142. The molecule has 0 N–H and O–H groups in total. The molecule has 0 unspecified atom stereocenters. The van der Waals surface area contributed by atoms with Crippen molar-refractivity contribution in [1.29, 1.82) is 0 Å². The number of unbranched alkanes of at least 4 members (excludes halogenated alkanes) is 2. The van der Waals surface area contributed by atoms with Crippen LogP contribution < -0.4 is 0 Å². The van der Waals surface area contributed by atoms with E-state index in [-0.39, 0.29) is 12.6 Å². The Morgan fingerprint density at radius 2 is 2.00 bits per heavy atom. The van der Waals surface area contributed by atoms with Crippen molar-refractivity contribution in [3.05, 3.63) is 0 Å². The van der Waals surface area contributed by atoms with E-state index in [0.29, 0.717) is 6.42 Å². The van der Waals surface area contributed by atoms with Gasteiger partial charge in [-0.2, -0.15) is 0 Å². The molecule has 0 aliphatic rings. The molecule has 0 aromatic heterocycles. The fourth-order valence-corrected chi connectivity index (χ4v) is 0.797. The predicted octanol–water partition coefficient (Wildman–Crippen LogP) is 2.52. The van der Waals surface area contributed by atoms with Gasteiger partial charge >= 0.3 is 5.97 Å². The molecule has 0 fully saturated rings. The van der Waals surface area contributed by atoms with Gasteiger partial charge in [0.1, 0.15) is 0 Å². The summed E-state index contributed by atoms with van der Waals surface area (Å²) in [4.78, 5) is 10.8. The minimum Gasteiger partial charge on any atom is -0.452 e. The summed E-state index contributed by atoms with van der Waals surface area (Å²) in [6.07, 6.45) is 4.51. The second-order valence-corrected chi connectivity index (χ2v) is 2.87. The molecule has 0 radical (unpaired) electrons. The topological polar surface area (TPSA) is 26.3 Å². The van der Waals surface area contributed by atoms with Gasteiger partial charge in [-0.25, -0.2) is 0 Å². The molecule has 2 nitrogen and oxygen atoms in total. The molecule has 0 spiro atoms. The van der Waals surface area contributed by atoms with Crippen molar-refractivity contribution < 1.29 is 9.53 Å². The molecule has 13 heavy (non-hydrogen) atoms. The fourth-order valence-electron chi connectivity index (χ4n) is 0.797. The van der Waals surface area contributed by atoms with Gasteiger partial charge in [-0.05, 0) is 12.8 Å². The largest absolute Gasteiger partial charge is 0.452 e. The van der Waals surface area contributed by atoms with Crippen LogP contribution in [0, 0.1) is 11.8 Å². The molecule has 74 valence electrons. The van der Waals surface area contributed by atoms with Gasteiger partial charge in [0.2, 0.25) is 0 Å². The number of carbonyl (C=O) groups is 1. The fraction of sp³-hybridized carbons (Fsp3) is 0.727. The molecule has 0 heterocycles. The van der Waals surface area contributed by atoms with Gasteiger partial charge in [0.05, 0.1) is 0 Å². The van der Waals surface area contributed by atoms with Crippen LogP contribution in [-0.4, -0.2) is 12.6 Å². The molecule has 2 heteroatoms. The van der Waals surface area contributed by atoms with Crippen molar-refractivity contribution in [2.75, 3.05) is 6.61 Å². The summed E-state index contributed by atoms with van der Waals surface area (Å²) in [5.41, 5.74) is 0. The summed E-state index contributed by atoms with van der Waals surface area (Å²) < 4.78 is 4.85. The highest BCUT2D eigenvalue weighted by Gasteiger charge is 1.96. The van der Waals surface area contributed by atoms with Crippen LogP contribution in [0.25, 0.3) is 0 Å². The first-order valence-corrected chi connectivity index (χ1v) is 4.92. The van der Waals surface area contributed by atoms with Crippen LogP contribution in [0.3, 0.4) is 0 Å². The van der Waals surface area contributed by atoms with Crippen molar-refractivity contribution in [2.24, 2.45) is 0 Å².